The zero-order valence-electron chi connectivity index (χ0n) is 12.3. The molecule has 2 N–H and O–H groups in total. The standard InChI is InChI=1S/C16H21N3O2/c1-19-9-6-13(7-10-19)12-18-16(21)15-14(5-3-11-20)4-2-8-17-15/h2,4,8,13,20H,6-7,9-12H2,1H3,(H,18,21). The lowest BCUT2D eigenvalue weighted by Gasteiger charge is -2.28. The van der Waals surface area contributed by atoms with Gasteiger partial charge in [-0.3, -0.25) is 4.79 Å². The van der Waals surface area contributed by atoms with E-state index >= 15 is 0 Å². The van der Waals surface area contributed by atoms with E-state index in [1.54, 1.807) is 18.3 Å². The highest BCUT2D eigenvalue weighted by Crippen LogP contribution is 2.15. The highest BCUT2D eigenvalue weighted by molar-refractivity contribution is 5.94. The van der Waals surface area contributed by atoms with Crippen LogP contribution in [-0.2, 0) is 0 Å². The van der Waals surface area contributed by atoms with Gasteiger partial charge in [-0.25, -0.2) is 4.98 Å². The first kappa shape index (κ1) is 15.5. The van der Waals surface area contributed by atoms with E-state index in [0.29, 0.717) is 23.7 Å². The molecule has 21 heavy (non-hydrogen) atoms. The number of nitrogens with one attached hydrogen (secondary N) is 1. The summed E-state index contributed by atoms with van der Waals surface area (Å²) in [4.78, 5) is 18.6. The molecule has 0 bridgehead atoms. The third-order valence-electron chi connectivity index (χ3n) is 3.71. The maximum absolute atomic E-state index is 12.2. The van der Waals surface area contributed by atoms with Gasteiger partial charge in [-0.05, 0) is 51.0 Å². The molecule has 1 aliphatic rings. The smallest absolute Gasteiger partial charge is 0.271 e. The van der Waals surface area contributed by atoms with Crippen LogP contribution in [0.2, 0.25) is 0 Å². The number of hydrogen-bond donors (Lipinski definition) is 2. The maximum Gasteiger partial charge on any atom is 0.271 e. The van der Waals surface area contributed by atoms with Crippen molar-refractivity contribution in [3.8, 4) is 11.8 Å². The number of hydrogen-bond acceptors (Lipinski definition) is 4. The Bertz CT molecular complexity index is 540. The van der Waals surface area contributed by atoms with Crippen LogP contribution in [-0.4, -0.2) is 54.2 Å². The minimum atomic E-state index is -0.231. The molecule has 0 aromatic carbocycles. The zero-order chi connectivity index (χ0) is 15.1. The van der Waals surface area contributed by atoms with Crippen LogP contribution in [0.3, 0.4) is 0 Å². The lowest BCUT2D eigenvalue weighted by Crippen LogP contribution is -2.37. The van der Waals surface area contributed by atoms with E-state index in [2.05, 4.69) is 34.1 Å². The van der Waals surface area contributed by atoms with Crippen molar-refractivity contribution in [2.75, 3.05) is 33.3 Å². The Labute approximate surface area is 125 Å². The SMILES string of the molecule is CN1CCC(CNC(=O)c2ncccc2C#CCO)CC1. The molecule has 5 nitrogen and oxygen atoms in total. The molecule has 0 unspecified atom stereocenters. The largest absolute Gasteiger partial charge is 0.384 e. The van der Waals surface area contributed by atoms with Gasteiger partial charge in [0.25, 0.3) is 5.91 Å². The predicted octanol–water partition coefficient (Wildman–Crippen LogP) is 0.497. The maximum atomic E-state index is 12.2. The molecule has 1 aromatic rings. The van der Waals surface area contributed by atoms with Crippen molar-refractivity contribution < 1.29 is 9.90 Å². The minimum Gasteiger partial charge on any atom is -0.384 e. The summed E-state index contributed by atoms with van der Waals surface area (Å²) >= 11 is 0. The average Bonchev–Trinajstić information content (AvgIpc) is 2.52. The number of likely N-dealkylation sites (tertiary alicyclic amines) is 1. The van der Waals surface area contributed by atoms with Crippen molar-refractivity contribution in [2.24, 2.45) is 5.92 Å². The summed E-state index contributed by atoms with van der Waals surface area (Å²) in [6.45, 7) is 2.61. The summed E-state index contributed by atoms with van der Waals surface area (Å²) in [6.07, 6.45) is 3.79. The molecular formula is C16H21N3O2. The quantitative estimate of drug-likeness (QED) is 0.795. The molecule has 112 valence electrons. The van der Waals surface area contributed by atoms with E-state index < -0.39 is 0 Å². The molecule has 0 radical (unpaired) electrons. The van der Waals surface area contributed by atoms with Crippen LogP contribution in [0.1, 0.15) is 28.9 Å². The lowest BCUT2D eigenvalue weighted by atomic mass is 9.97. The minimum absolute atomic E-state index is 0.197. The van der Waals surface area contributed by atoms with Gasteiger partial charge in [0.2, 0.25) is 0 Å². The van der Waals surface area contributed by atoms with Crippen molar-refractivity contribution >= 4 is 5.91 Å². The van der Waals surface area contributed by atoms with Gasteiger partial charge in [0.15, 0.2) is 0 Å². The van der Waals surface area contributed by atoms with E-state index in [1.807, 2.05) is 0 Å². The van der Waals surface area contributed by atoms with Gasteiger partial charge in [-0.2, -0.15) is 0 Å². The summed E-state index contributed by atoms with van der Waals surface area (Å²) in [5.41, 5.74) is 0.874. The topological polar surface area (TPSA) is 65.5 Å². The van der Waals surface area contributed by atoms with Crippen LogP contribution in [0.4, 0.5) is 0 Å². The number of piperidine rings is 1. The van der Waals surface area contributed by atoms with Crippen LogP contribution >= 0.6 is 0 Å². The zero-order valence-corrected chi connectivity index (χ0v) is 12.3. The number of amides is 1. The van der Waals surface area contributed by atoms with Gasteiger partial charge in [0, 0.05) is 12.7 Å². The molecule has 0 atom stereocenters. The van der Waals surface area contributed by atoms with Crippen LogP contribution in [0.25, 0.3) is 0 Å². The Hall–Kier alpha value is -1.90. The van der Waals surface area contributed by atoms with E-state index in [-0.39, 0.29) is 12.5 Å². The van der Waals surface area contributed by atoms with Crippen LogP contribution in [0.15, 0.2) is 18.3 Å². The molecule has 0 spiro atoms. The Morgan fingerprint density at radius 3 is 3.00 bits per heavy atom. The first-order chi connectivity index (χ1) is 10.2. The number of carbonyl (C=O) groups excluding carboxylic acids is 1. The van der Waals surface area contributed by atoms with E-state index in [1.165, 1.54) is 0 Å². The first-order valence-corrected chi connectivity index (χ1v) is 7.22. The Balaban J connectivity index is 1.94. The third-order valence-corrected chi connectivity index (χ3v) is 3.71. The summed E-state index contributed by atoms with van der Waals surface area (Å²) in [5.74, 6) is 5.64. The summed E-state index contributed by atoms with van der Waals surface area (Å²) in [5, 5.41) is 11.7. The number of aliphatic hydroxyl groups excluding tert-OH is 1. The summed E-state index contributed by atoms with van der Waals surface area (Å²) in [6, 6.07) is 3.47. The van der Waals surface area contributed by atoms with Gasteiger partial charge in [-0.1, -0.05) is 11.8 Å². The van der Waals surface area contributed by atoms with Crippen molar-refractivity contribution in [1.82, 2.24) is 15.2 Å². The van der Waals surface area contributed by atoms with Crippen molar-refractivity contribution in [1.29, 1.82) is 0 Å². The molecular weight excluding hydrogens is 266 g/mol. The highest BCUT2D eigenvalue weighted by atomic mass is 16.2. The second-order valence-corrected chi connectivity index (χ2v) is 5.32. The van der Waals surface area contributed by atoms with Gasteiger partial charge >= 0.3 is 0 Å². The highest BCUT2D eigenvalue weighted by Gasteiger charge is 2.18. The lowest BCUT2D eigenvalue weighted by molar-refractivity contribution is 0.0934. The normalized spacial score (nSPS) is 16.1. The van der Waals surface area contributed by atoms with E-state index in [9.17, 15) is 4.79 Å². The molecule has 1 fully saturated rings. The van der Waals surface area contributed by atoms with Gasteiger partial charge in [-0.15, -0.1) is 0 Å². The molecule has 0 saturated carbocycles. The van der Waals surface area contributed by atoms with Crippen LogP contribution < -0.4 is 5.32 Å². The third kappa shape index (κ3) is 4.55. The van der Waals surface area contributed by atoms with E-state index in [4.69, 9.17) is 5.11 Å². The number of aliphatic hydroxyl groups is 1. The molecule has 1 aromatic heterocycles. The van der Waals surface area contributed by atoms with Gasteiger partial charge in [0.05, 0.1) is 5.56 Å². The number of nitrogens with zero attached hydrogens (tertiary/aromatic N) is 2. The van der Waals surface area contributed by atoms with Crippen molar-refractivity contribution in [2.45, 2.75) is 12.8 Å². The second kappa shape index (κ2) is 7.77. The predicted molar refractivity (Wildman–Crippen MR) is 80.8 cm³/mol. The number of pyridine rings is 1. The van der Waals surface area contributed by atoms with Crippen molar-refractivity contribution in [3.63, 3.8) is 0 Å². The van der Waals surface area contributed by atoms with E-state index in [0.717, 1.165) is 25.9 Å². The molecule has 0 aliphatic carbocycles. The van der Waals surface area contributed by atoms with Gasteiger partial charge < -0.3 is 15.3 Å². The van der Waals surface area contributed by atoms with Gasteiger partial charge in [0.1, 0.15) is 12.3 Å². The Kier molecular flexibility index (Phi) is 5.73. The number of carbonyl (C=O) groups is 1. The fourth-order valence-electron chi connectivity index (χ4n) is 2.41. The summed E-state index contributed by atoms with van der Waals surface area (Å²) in [7, 11) is 2.12. The van der Waals surface area contributed by atoms with Crippen LogP contribution in [0.5, 0.6) is 0 Å². The van der Waals surface area contributed by atoms with Crippen LogP contribution in [0, 0.1) is 17.8 Å². The Morgan fingerprint density at radius 1 is 1.52 bits per heavy atom. The molecule has 2 heterocycles. The molecule has 1 saturated heterocycles. The fraction of sp³-hybridized carbons (Fsp3) is 0.500. The monoisotopic (exact) mass is 287 g/mol. The molecule has 5 heteroatoms. The fourth-order valence-corrected chi connectivity index (χ4v) is 2.41. The Morgan fingerprint density at radius 2 is 2.29 bits per heavy atom. The summed E-state index contributed by atoms with van der Waals surface area (Å²) < 4.78 is 0. The second-order valence-electron chi connectivity index (χ2n) is 5.32. The van der Waals surface area contributed by atoms with Crippen molar-refractivity contribution in [3.05, 3.63) is 29.6 Å². The average molecular weight is 287 g/mol. The molecule has 1 amide bonds. The number of rotatable bonds is 3. The molecule has 2 rings (SSSR count). The first-order valence-electron chi connectivity index (χ1n) is 7.22. The molecule has 1 aliphatic heterocycles. The number of aromatic nitrogens is 1.